The number of urea groups is 1. The van der Waals surface area contributed by atoms with Gasteiger partial charge in [0.25, 0.3) is 10.0 Å². The standard InChI is InChI=1S/C17H11Cl2F3O5.C15H15ClN4O6S/c1-8(15(23)24)26-16(25)11-7-10(3-4-12(11)18)27-14-5-2-9(6-13(14)19)17(20,21)22;1-3-26-13(21)9-6-4-5-7-10(9)27(23,24)20-15(22)19-14-17-11(16)8-12(18-14)25-2/h2-8H,1H3,(H,23,24);4-8H,3H2,1-2H3,(H2,17,18,19,20,22)/t8-;/m0./s1. The third-order valence-electron chi connectivity index (χ3n) is 6.28. The number of esters is 2. The molecule has 0 radical (unpaired) electrons. The number of hydrogen-bond acceptors (Lipinski definition) is 12. The molecule has 0 fully saturated rings. The molecule has 0 bridgehead atoms. The van der Waals surface area contributed by atoms with E-state index in [9.17, 15) is 40.8 Å². The molecule has 22 heteroatoms. The molecule has 0 spiro atoms. The molecule has 4 aromatic rings. The third-order valence-corrected chi connectivity index (χ3v) is 8.49. The lowest BCUT2D eigenvalue weighted by atomic mass is 10.2. The van der Waals surface area contributed by atoms with Crippen LogP contribution in [-0.2, 0) is 30.5 Å². The first-order chi connectivity index (χ1) is 25.2. The Labute approximate surface area is 319 Å². The summed E-state index contributed by atoms with van der Waals surface area (Å²) in [4.78, 5) is 53.9. The summed E-state index contributed by atoms with van der Waals surface area (Å²) >= 11 is 17.5. The number of carbonyl (C=O) groups excluding carboxylic acids is 3. The predicted molar refractivity (Wildman–Crippen MR) is 186 cm³/mol. The van der Waals surface area contributed by atoms with E-state index in [4.69, 9.17) is 58.9 Å². The molecule has 0 aliphatic rings. The number of nitrogens with zero attached hydrogens (tertiary/aromatic N) is 2. The molecule has 0 aliphatic carbocycles. The zero-order valence-corrected chi connectivity index (χ0v) is 30.8. The molecule has 4 rings (SSSR count). The summed E-state index contributed by atoms with van der Waals surface area (Å²) in [5.74, 6) is -3.42. The van der Waals surface area contributed by atoms with Gasteiger partial charge in [0.05, 0.1) is 40.5 Å². The van der Waals surface area contributed by atoms with Crippen LogP contribution in [0.4, 0.5) is 23.9 Å². The number of benzene rings is 3. The highest BCUT2D eigenvalue weighted by atomic mass is 35.5. The number of aliphatic carboxylic acids is 1. The van der Waals surface area contributed by atoms with Gasteiger partial charge in [0, 0.05) is 6.07 Å². The second kappa shape index (κ2) is 18.6. The summed E-state index contributed by atoms with van der Waals surface area (Å²) in [5.41, 5.74) is -1.33. The molecule has 3 N–H and O–H groups in total. The molecule has 3 aromatic carbocycles. The minimum Gasteiger partial charge on any atom is -0.481 e. The minimum absolute atomic E-state index is 0.0207. The van der Waals surface area contributed by atoms with Crippen molar-refractivity contribution in [1.29, 1.82) is 0 Å². The van der Waals surface area contributed by atoms with E-state index in [0.29, 0.717) is 6.07 Å². The number of anilines is 1. The van der Waals surface area contributed by atoms with Crippen molar-refractivity contribution in [1.82, 2.24) is 14.7 Å². The van der Waals surface area contributed by atoms with Crippen LogP contribution in [0.5, 0.6) is 17.4 Å². The Hall–Kier alpha value is -5.37. The van der Waals surface area contributed by atoms with Crippen LogP contribution in [0.2, 0.25) is 15.2 Å². The maximum absolute atomic E-state index is 12.7. The van der Waals surface area contributed by atoms with Crippen molar-refractivity contribution in [2.24, 2.45) is 0 Å². The van der Waals surface area contributed by atoms with Gasteiger partial charge in [0.2, 0.25) is 11.8 Å². The molecular weight excluding hydrogens is 812 g/mol. The summed E-state index contributed by atoms with van der Waals surface area (Å²) in [7, 11) is -3.05. The molecule has 0 saturated carbocycles. The van der Waals surface area contributed by atoms with Gasteiger partial charge >= 0.3 is 30.1 Å². The Kier molecular flexibility index (Phi) is 14.8. The zero-order valence-electron chi connectivity index (χ0n) is 27.7. The highest BCUT2D eigenvalue weighted by Crippen LogP contribution is 2.37. The second-order valence-electron chi connectivity index (χ2n) is 10.1. The van der Waals surface area contributed by atoms with E-state index in [1.807, 2.05) is 0 Å². The lowest BCUT2D eigenvalue weighted by molar-refractivity contribution is -0.146. The molecule has 15 nitrogen and oxygen atoms in total. The van der Waals surface area contributed by atoms with E-state index in [0.717, 1.165) is 25.1 Å². The molecule has 288 valence electrons. The van der Waals surface area contributed by atoms with Gasteiger partial charge in [-0.3, -0.25) is 5.32 Å². The Morgan fingerprint density at radius 3 is 2.20 bits per heavy atom. The topological polar surface area (TPSA) is 209 Å². The molecular formula is C32H26Cl3F3N4O11S. The van der Waals surface area contributed by atoms with Crippen LogP contribution >= 0.6 is 34.8 Å². The number of ether oxygens (including phenoxy) is 4. The maximum atomic E-state index is 12.7. The average Bonchev–Trinajstić information content (AvgIpc) is 3.09. The second-order valence-corrected chi connectivity index (χ2v) is 13.0. The van der Waals surface area contributed by atoms with Crippen LogP contribution in [-0.4, -0.2) is 67.3 Å². The van der Waals surface area contributed by atoms with Crippen LogP contribution in [0.25, 0.3) is 0 Å². The van der Waals surface area contributed by atoms with Crippen LogP contribution in [0.3, 0.4) is 0 Å². The first-order valence-corrected chi connectivity index (χ1v) is 17.3. The van der Waals surface area contributed by atoms with Gasteiger partial charge in [0.15, 0.2) is 6.10 Å². The van der Waals surface area contributed by atoms with E-state index >= 15 is 0 Å². The molecule has 1 heterocycles. The fourth-order valence-corrected chi connectivity index (χ4v) is 5.52. The fraction of sp³-hybridized carbons (Fsp3) is 0.188. The molecule has 54 heavy (non-hydrogen) atoms. The quantitative estimate of drug-likeness (QED) is 0.100. The van der Waals surface area contributed by atoms with Gasteiger partial charge in [-0.25, -0.2) is 37.3 Å². The summed E-state index contributed by atoms with van der Waals surface area (Å²) in [6, 6.07) is 11.8. The number of methoxy groups -OCH3 is 1. The van der Waals surface area contributed by atoms with Gasteiger partial charge in [-0.1, -0.05) is 46.9 Å². The normalized spacial score (nSPS) is 11.6. The van der Waals surface area contributed by atoms with E-state index in [1.165, 1.54) is 49.6 Å². The lowest BCUT2D eigenvalue weighted by Gasteiger charge is -2.13. The zero-order chi connectivity index (χ0) is 40.4. The largest absolute Gasteiger partial charge is 0.481 e. The highest BCUT2D eigenvalue weighted by Gasteiger charge is 2.31. The number of aromatic nitrogens is 2. The van der Waals surface area contributed by atoms with Gasteiger partial charge < -0.3 is 24.1 Å². The minimum atomic E-state index is -4.56. The molecule has 0 aliphatic heterocycles. The number of alkyl halides is 3. The van der Waals surface area contributed by atoms with E-state index in [2.05, 4.69) is 15.3 Å². The number of carboxylic acids is 1. The van der Waals surface area contributed by atoms with Gasteiger partial charge in [-0.05, 0) is 62.4 Å². The van der Waals surface area contributed by atoms with E-state index in [1.54, 1.807) is 11.6 Å². The van der Waals surface area contributed by atoms with Crippen molar-refractivity contribution in [2.75, 3.05) is 19.0 Å². The van der Waals surface area contributed by atoms with Crippen LogP contribution in [0.1, 0.15) is 40.1 Å². The fourth-order valence-electron chi connectivity index (χ4n) is 3.83. The number of sulfonamides is 1. The summed E-state index contributed by atoms with van der Waals surface area (Å²) in [5, 5.41) is 10.6. The van der Waals surface area contributed by atoms with Gasteiger partial charge in [0.1, 0.15) is 21.5 Å². The van der Waals surface area contributed by atoms with Crippen molar-refractivity contribution in [3.63, 3.8) is 0 Å². The average molecular weight is 838 g/mol. The lowest BCUT2D eigenvalue weighted by Crippen LogP contribution is -2.35. The monoisotopic (exact) mass is 836 g/mol. The SMILES string of the molecule is CCOC(=O)c1ccccc1S(=O)(=O)NC(=O)Nc1nc(Cl)cc(OC)n1.C[C@H](OC(=O)c1cc(Oc2ccc(C(F)(F)F)cc2Cl)ccc1Cl)C(=O)O. The molecule has 0 saturated heterocycles. The maximum Gasteiger partial charge on any atom is 0.416 e. The number of carboxylic acid groups (broad SMARTS) is 1. The van der Waals surface area contributed by atoms with Crippen molar-refractivity contribution < 1.29 is 64.8 Å². The Morgan fingerprint density at radius 1 is 0.907 bits per heavy atom. The number of hydrogen-bond donors (Lipinski definition) is 3. The highest BCUT2D eigenvalue weighted by molar-refractivity contribution is 7.90. The van der Waals surface area contributed by atoms with Gasteiger partial charge in [-0.15, -0.1) is 0 Å². The molecule has 0 unspecified atom stereocenters. The predicted octanol–water partition coefficient (Wildman–Crippen LogP) is 7.26. The van der Waals surface area contributed by atoms with Crippen molar-refractivity contribution in [3.05, 3.63) is 98.6 Å². The van der Waals surface area contributed by atoms with Crippen LogP contribution < -0.4 is 19.5 Å². The Morgan fingerprint density at radius 2 is 1.59 bits per heavy atom. The van der Waals surface area contributed by atoms with E-state index < -0.39 is 56.7 Å². The Bertz CT molecular complexity index is 2160. The van der Waals surface area contributed by atoms with E-state index in [-0.39, 0.29) is 56.3 Å². The summed E-state index contributed by atoms with van der Waals surface area (Å²) < 4.78 is 84.5. The summed E-state index contributed by atoms with van der Waals surface area (Å²) in [6.45, 7) is 2.81. The Balaban J connectivity index is 0.000000290. The molecule has 1 aromatic heterocycles. The van der Waals surface area contributed by atoms with Crippen molar-refractivity contribution >= 4 is 74.7 Å². The number of rotatable bonds is 11. The van der Waals surface area contributed by atoms with Crippen LogP contribution in [0.15, 0.2) is 71.6 Å². The van der Waals surface area contributed by atoms with Crippen molar-refractivity contribution in [3.8, 4) is 17.4 Å². The van der Waals surface area contributed by atoms with Crippen LogP contribution in [0, 0.1) is 0 Å². The summed E-state index contributed by atoms with van der Waals surface area (Å²) in [6.07, 6.45) is -5.96. The molecule has 1 atom stereocenters. The number of halogens is 6. The smallest absolute Gasteiger partial charge is 0.416 e. The third kappa shape index (κ3) is 12.1. The first kappa shape index (κ1) is 43.0. The number of nitrogens with one attached hydrogen (secondary N) is 2. The number of amides is 2. The first-order valence-electron chi connectivity index (χ1n) is 14.7. The van der Waals surface area contributed by atoms with Crippen molar-refractivity contribution in [2.45, 2.75) is 31.0 Å². The number of carbonyl (C=O) groups is 4. The molecule has 2 amide bonds. The van der Waals surface area contributed by atoms with Gasteiger partial charge in [-0.2, -0.15) is 18.2 Å².